The van der Waals surface area contributed by atoms with Gasteiger partial charge in [-0.25, -0.2) is 4.79 Å². The number of hydrogen-bond acceptors (Lipinski definition) is 5. The quantitative estimate of drug-likeness (QED) is 0.873. The van der Waals surface area contributed by atoms with Crippen molar-refractivity contribution >= 4 is 28.3 Å². The van der Waals surface area contributed by atoms with Crippen molar-refractivity contribution in [2.24, 2.45) is 0 Å². The second-order valence-electron chi connectivity index (χ2n) is 5.24. The second-order valence-corrected chi connectivity index (χ2v) is 6.16. The minimum atomic E-state index is -0.377. The van der Waals surface area contributed by atoms with Crippen molar-refractivity contribution in [2.75, 3.05) is 24.6 Å². The topological polar surface area (TPSA) is 67.9 Å². The number of hydrogen-bond donors (Lipinski definition) is 1. The summed E-state index contributed by atoms with van der Waals surface area (Å²) in [5, 5.41) is 5.55. The molecule has 24 heavy (non-hydrogen) atoms. The van der Waals surface area contributed by atoms with Crippen molar-refractivity contribution in [2.45, 2.75) is 13.0 Å². The van der Waals surface area contributed by atoms with Crippen molar-refractivity contribution in [1.82, 2.24) is 5.32 Å². The van der Waals surface area contributed by atoms with E-state index in [0.29, 0.717) is 18.7 Å². The van der Waals surface area contributed by atoms with Crippen LogP contribution in [0.3, 0.4) is 0 Å². The van der Waals surface area contributed by atoms with E-state index in [1.165, 1.54) is 11.3 Å². The first-order valence-electron chi connectivity index (χ1n) is 7.70. The fourth-order valence-electron chi connectivity index (χ4n) is 2.41. The molecule has 2 amide bonds. The number of thiophene rings is 1. The molecule has 3 rings (SSSR count). The van der Waals surface area contributed by atoms with Crippen LogP contribution in [0.4, 0.5) is 9.80 Å². The summed E-state index contributed by atoms with van der Waals surface area (Å²) in [6, 6.07) is 10.7. The number of benzene rings is 1. The van der Waals surface area contributed by atoms with Crippen molar-refractivity contribution < 1.29 is 19.1 Å². The Balaban J connectivity index is 1.52. The summed E-state index contributed by atoms with van der Waals surface area (Å²) in [4.78, 5) is 25.6. The lowest BCUT2D eigenvalue weighted by atomic mass is 10.2. The first-order chi connectivity index (χ1) is 11.7. The highest BCUT2D eigenvalue weighted by molar-refractivity contribution is 7.14. The minimum absolute atomic E-state index is 0.205. The molecule has 2 heterocycles. The van der Waals surface area contributed by atoms with Gasteiger partial charge in [0.05, 0.1) is 19.7 Å². The third-order valence-electron chi connectivity index (χ3n) is 3.56. The number of nitrogens with one attached hydrogen (secondary N) is 1. The molecule has 0 saturated carbocycles. The third-order valence-corrected chi connectivity index (χ3v) is 4.46. The average molecular weight is 346 g/mol. The number of carbonyl (C=O) groups is 2. The molecule has 2 aromatic rings. The first kappa shape index (κ1) is 16.3. The number of amides is 2. The number of ether oxygens (including phenoxy) is 2. The SMILES string of the molecule is CCOc1ccc(C(=O)NCC2CN(c3cccs3)C(=O)O2)cc1. The van der Waals surface area contributed by atoms with Crippen LogP contribution < -0.4 is 15.0 Å². The zero-order chi connectivity index (χ0) is 16.9. The maximum Gasteiger partial charge on any atom is 0.415 e. The molecule has 0 bridgehead atoms. The lowest BCUT2D eigenvalue weighted by Gasteiger charge is -2.11. The lowest BCUT2D eigenvalue weighted by Crippen LogP contribution is -2.34. The Morgan fingerprint density at radius 3 is 2.83 bits per heavy atom. The minimum Gasteiger partial charge on any atom is -0.494 e. The van der Waals surface area contributed by atoms with Crippen molar-refractivity contribution in [1.29, 1.82) is 0 Å². The van der Waals surface area contributed by atoms with Gasteiger partial charge in [0.15, 0.2) is 0 Å². The summed E-state index contributed by atoms with van der Waals surface area (Å²) in [7, 11) is 0. The Kier molecular flexibility index (Phi) is 5.00. The second kappa shape index (κ2) is 7.35. The fraction of sp³-hybridized carbons (Fsp3) is 0.294. The van der Waals surface area contributed by atoms with Crippen LogP contribution in [0.25, 0.3) is 0 Å². The van der Waals surface area contributed by atoms with E-state index in [9.17, 15) is 9.59 Å². The molecule has 0 radical (unpaired) electrons. The van der Waals surface area contributed by atoms with Crippen molar-refractivity contribution in [3.63, 3.8) is 0 Å². The molecule has 1 saturated heterocycles. The predicted molar refractivity (Wildman–Crippen MR) is 91.9 cm³/mol. The van der Waals surface area contributed by atoms with Gasteiger partial charge in [0, 0.05) is 5.56 Å². The Labute approximate surface area is 144 Å². The van der Waals surface area contributed by atoms with Gasteiger partial charge >= 0.3 is 6.09 Å². The highest BCUT2D eigenvalue weighted by atomic mass is 32.1. The molecule has 0 spiro atoms. The normalized spacial score (nSPS) is 16.8. The first-order valence-corrected chi connectivity index (χ1v) is 8.58. The summed E-state index contributed by atoms with van der Waals surface area (Å²) >= 11 is 1.48. The van der Waals surface area contributed by atoms with Crippen LogP contribution in [0.2, 0.25) is 0 Å². The number of rotatable bonds is 6. The van der Waals surface area contributed by atoms with Gasteiger partial charge in [-0.05, 0) is 48.7 Å². The van der Waals surface area contributed by atoms with Crippen LogP contribution in [-0.4, -0.2) is 37.8 Å². The van der Waals surface area contributed by atoms with E-state index in [4.69, 9.17) is 9.47 Å². The van der Waals surface area contributed by atoms with E-state index < -0.39 is 0 Å². The van der Waals surface area contributed by atoms with Gasteiger partial charge in [0.1, 0.15) is 16.9 Å². The Morgan fingerprint density at radius 2 is 2.17 bits per heavy atom. The van der Waals surface area contributed by atoms with Gasteiger partial charge in [-0.2, -0.15) is 0 Å². The number of carbonyl (C=O) groups excluding carboxylic acids is 2. The number of cyclic esters (lactones) is 1. The zero-order valence-corrected chi connectivity index (χ0v) is 14.0. The highest BCUT2D eigenvalue weighted by Gasteiger charge is 2.32. The van der Waals surface area contributed by atoms with Gasteiger partial charge in [0.25, 0.3) is 5.91 Å². The lowest BCUT2D eigenvalue weighted by molar-refractivity contribution is 0.0916. The molecular formula is C17H18N2O4S. The average Bonchev–Trinajstić information content (AvgIpc) is 3.23. The van der Waals surface area contributed by atoms with E-state index in [-0.39, 0.29) is 24.6 Å². The monoisotopic (exact) mass is 346 g/mol. The molecule has 6 nitrogen and oxygen atoms in total. The van der Waals surface area contributed by atoms with Crippen molar-refractivity contribution in [3.05, 3.63) is 47.3 Å². The summed E-state index contributed by atoms with van der Waals surface area (Å²) in [6.07, 6.45) is -0.732. The largest absolute Gasteiger partial charge is 0.494 e. The summed E-state index contributed by atoms with van der Waals surface area (Å²) < 4.78 is 10.6. The van der Waals surface area contributed by atoms with Gasteiger partial charge in [-0.1, -0.05) is 0 Å². The van der Waals surface area contributed by atoms with Crippen LogP contribution in [0.15, 0.2) is 41.8 Å². The Morgan fingerprint density at radius 1 is 1.38 bits per heavy atom. The maximum atomic E-state index is 12.2. The third kappa shape index (κ3) is 3.68. The van der Waals surface area contributed by atoms with Crippen LogP contribution in [0.5, 0.6) is 5.75 Å². The maximum absolute atomic E-state index is 12.2. The molecule has 1 aromatic heterocycles. The summed E-state index contributed by atoms with van der Waals surface area (Å²) in [6.45, 7) is 3.20. The molecule has 1 fully saturated rings. The molecule has 1 N–H and O–H groups in total. The zero-order valence-electron chi connectivity index (χ0n) is 13.2. The van der Waals surface area contributed by atoms with Crippen LogP contribution in [0, 0.1) is 0 Å². The molecule has 0 aliphatic carbocycles. The van der Waals surface area contributed by atoms with Gasteiger partial charge in [-0.15, -0.1) is 11.3 Å². The number of anilines is 1. The molecule has 1 unspecified atom stereocenters. The van der Waals surface area contributed by atoms with Gasteiger partial charge in [0.2, 0.25) is 0 Å². The number of nitrogens with zero attached hydrogens (tertiary/aromatic N) is 1. The van der Waals surface area contributed by atoms with Crippen LogP contribution in [-0.2, 0) is 4.74 Å². The van der Waals surface area contributed by atoms with E-state index in [2.05, 4.69) is 5.32 Å². The Bertz CT molecular complexity index is 700. The fourth-order valence-corrected chi connectivity index (χ4v) is 3.14. The van der Waals surface area contributed by atoms with Crippen LogP contribution >= 0.6 is 11.3 Å². The van der Waals surface area contributed by atoms with Crippen LogP contribution in [0.1, 0.15) is 17.3 Å². The van der Waals surface area contributed by atoms with E-state index >= 15 is 0 Å². The molecule has 1 atom stereocenters. The molecule has 1 aromatic carbocycles. The van der Waals surface area contributed by atoms with Gasteiger partial charge < -0.3 is 14.8 Å². The smallest absolute Gasteiger partial charge is 0.415 e. The molecular weight excluding hydrogens is 328 g/mol. The molecule has 1 aliphatic rings. The Hall–Kier alpha value is -2.54. The summed E-state index contributed by atoms with van der Waals surface area (Å²) in [5.41, 5.74) is 0.540. The van der Waals surface area contributed by atoms with E-state index in [0.717, 1.165) is 10.8 Å². The van der Waals surface area contributed by atoms with E-state index in [1.807, 2.05) is 24.4 Å². The van der Waals surface area contributed by atoms with Gasteiger partial charge in [-0.3, -0.25) is 9.69 Å². The van der Waals surface area contributed by atoms with E-state index in [1.54, 1.807) is 29.2 Å². The molecule has 126 valence electrons. The summed E-state index contributed by atoms with van der Waals surface area (Å²) in [5.74, 6) is 0.522. The predicted octanol–water partition coefficient (Wildman–Crippen LogP) is 2.90. The van der Waals surface area contributed by atoms with Crippen molar-refractivity contribution in [3.8, 4) is 5.75 Å². The molecule has 7 heteroatoms. The standard InChI is InChI=1S/C17H18N2O4S/c1-2-22-13-7-5-12(6-8-13)16(20)18-10-14-11-19(17(21)23-14)15-4-3-9-24-15/h3-9,14H,2,10-11H2,1H3,(H,18,20). The molecule has 1 aliphatic heterocycles. The highest BCUT2D eigenvalue weighted by Crippen LogP contribution is 2.26.